The van der Waals surface area contributed by atoms with E-state index in [1.165, 1.54) is 19.3 Å². The molecule has 3 nitrogen and oxygen atoms in total. The van der Waals surface area contributed by atoms with Crippen molar-refractivity contribution in [2.75, 3.05) is 20.1 Å². The van der Waals surface area contributed by atoms with Crippen LogP contribution in [0.1, 0.15) is 39.0 Å². The van der Waals surface area contributed by atoms with E-state index in [2.05, 4.69) is 0 Å². The molecule has 0 atom stereocenters. The number of nitrogens with zero attached hydrogens (tertiary/aromatic N) is 1. The van der Waals surface area contributed by atoms with Gasteiger partial charge in [0.2, 0.25) is 0 Å². The number of carbonyl (C=O) groups excluding carboxylic acids is 1. The summed E-state index contributed by atoms with van der Waals surface area (Å²) in [5.41, 5.74) is 0. The number of likely N-dealkylation sites (tertiary alicyclic amines) is 1. The third-order valence-corrected chi connectivity index (χ3v) is 2.54. The molecule has 0 spiro atoms. The van der Waals surface area contributed by atoms with E-state index in [1.54, 1.807) is 0 Å². The van der Waals surface area contributed by atoms with Gasteiger partial charge in [-0.05, 0) is 12.8 Å². The first kappa shape index (κ1) is 10.5. The van der Waals surface area contributed by atoms with Crippen LogP contribution in [0.15, 0.2) is 0 Å². The molecule has 0 aromatic carbocycles. The first-order chi connectivity index (χ1) is 6.16. The van der Waals surface area contributed by atoms with Crippen LogP contribution in [0.2, 0.25) is 0 Å². The highest BCUT2D eigenvalue weighted by Crippen LogP contribution is 2.17. The van der Waals surface area contributed by atoms with Crippen LogP contribution in [-0.4, -0.2) is 30.8 Å². The fraction of sp³-hybridized carbons (Fsp3) is 0.900. The van der Waals surface area contributed by atoms with E-state index >= 15 is 0 Å². The molecule has 0 aliphatic carbocycles. The zero-order chi connectivity index (χ0) is 9.73. The molecule has 1 saturated heterocycles. The van der Waals surface area contributed by atoms with Crippen molar-refractivity contribution >= 4 is 5.97 Å². The molecule has 0 bridgehead atoms. The second-order valence-corrected chi connectivity index (χ2v) is 4.02. The Hall–Kier alpha value is -0.570. The number of hydroxylamine groups is 3. The van der Waals surface area contributed by atoms with Crippen molar-refractivity contribution < 1.29 is 14.3 Å². The minimum absolute atomic E-state index is 0.0492. The van der Waals surface area contributed by atoms with Gasteiger partial charge in [0.15, 0.2) is 0 Å². The molecule has 1 aliphatic rings. The van der Waals surface area contributed by atoms with Crippen molar-refractivity contribution in [3.05, 3.63) is 0 Å². The first-order valence-electron chi connectivity index (χ1n) is 5.23. The predicted octanol–water partition coefficient (Wildman–Crippen LogP) is 1.88. The molecule has 3 heteroatoms. The zero-order valence-electron chi connectivity index (χ0n) is 8.71. The van der Waals surface area contributed by atoms with E-state index in [9.17, 15) is 4.79 Å². The minimum Gasteiger partial charge on any atom is -0.277 e. The number of piperidine rings is 1. The van der Waals surface area contributed by atoms with Crippen LogP contribution < -0.4 is 0 Å². The molecule has 1 heterocycles. The number of quaternary nitrogens is 1. The summed E-state index contributed by atoms with van der Waals surface area (Å²) >= 11 is 0. The molecule has 0 saturated carbocycles. The third kappa shape index (κ3) is 3.35. The Labute approximate surface area is 80.2 Å². The molecular weight excluding hydrogens is 166 g/mol. The Morgan fingerprint density at radius 3 is 2.46 bits per heavy atom. The van der Waals surface area contributed by atoms with E-state index < -0.39 is 0 Å². The summed E-state index contributed by atoms with van der Waals surface area (Å²) in [5.74, 6) is -0.0492. The van der Waals surface area contributed by atoms with Crippen LogP contribution in [-0.2, 0) is 9.63 Å². The lowest BCUT2D eigenvalue weighted by Crippen LogP contribution is -2.49. The van der Waals surface area contributed by atoms with Gasteiger partial charge in [-0.15, -0.1) is 4.65 Å². The van der Waals surface area contributed by atoms with Gasteiger partial charge in [-0.25, -0.2) is 4.79 Å². The Balaban J connectivity index is 2.36. The van der Waals surface area contributed by atoms with Crippen molar-refractivity contribution in [2.45, 2.75) is 39.0 Å². The fourth-order valence-corrected chi connectivity index (χ4v) is 1.77. The number of hydrogen-bond acceptors (Lipinski definition) is 2. The molecule has 1 fully saturated rings. The number of hydrogen-bond donors (Lipinski definition) is 0. The Bertz CT molecular complexity index is 174. The van der Waals surface area contributed by atoms with Crippen molar-refractivity contribution in [3.63, 3.8) is 0 Å². The summed E-state index contributed by atoms with van der Waals surface area (Å²) in [4.78, 5) is 16.7. The Kier molecular flexibility index (Phi) is 3.72. The van der Waals surface area contributed by atoms with Gasteiger partial charge in [-0.3, -0.25) is 4.84 Å². The smallest absolute Gasteiger partial charge is 0.277 e. The zero-order valence-corrected chi connectivity index (χ0v) is 8.71. The molecule has 0 N–H and O–H groups in total. The second-order valence-electron chi connectivity index (χ2n) is 4.02. The highest BCUT2D eigenvalue weighted by atomic mass is 16.7. The molecule has 0 amide bonds. The van der Waals surface area contributed by atoms with Gasteiger partial charge < -0.3 is 0 Å². The molecule has 13 heavy (non-hydrogen) atoms. The number of carbonyl (C=O) groups is 1. The van der Waals surface area contributed by atoms with Crippen molar-refractivity contribution in [2.24, 2.45) is 0 Å². The van der Waals surface area contributed by atoms with E-state index in [4.69, 9.17) is 4.84 Å². The van der Waals surface area contributed by atoms with E-state index in [-0.39, 0.29) is 5.97 Å². The highest BCUT2D eigenvalue weighted by Gasteiger charge is 2.29. The highest BCUT2D eigenvalue weighted by molar-refractivity contribution is 5.68. The maximum Gasteiger partial charge on any atom is 0.366 e. The summed E-state index contributed by atoms with van der Waals surface area (Å²) < 4.78 is 0.499. The van der Waals surface area contributed by atoms with Crippen LogP contribution >= 0.6 is 0 Å². The van der Waals surface area contributed by atoms with Gasteiger partial charge in [0.25, 0.3) is 0 Å². The maximum atomic E-state index is 11.3. The summed E-state index contributed by atoms with van der Waals surface area (Å²) in [5, 5.41) is 0. The minimum atomic E-state index is -0.0492. The van der Waals surface area contributed by atoms with Crippen molar-refractivity contribution in [1.29, 1.82) is 0 Å². The summed E-state index contributed by atoms with van der Waals surface area (Å²) in [6.45, 7) is 3.96. The molecule has 0 aromatic rings. The normalized spacial score (nSPS) is 21.1. The molecule has 1 aliphatic heterocycles. The van der Waals surface area contributed by atoms with Gasteiger partial charge in [0.1, 0.15) is 20.1 Å². The monoisotopic (exact) mass is 186 g/mol. The predicted molar refractivity (Wildman–Crippen MR) is 50.8 cm³/mol. The molecule has 1 rings (SSSR count). The SMILES string of the molecule is CCCC(=O)O[N+]1(C)CCCCC1. The molecule has 0 unspecified atom stereocenters. The fourth-order valence-electron chi connectivity index (χ4n) is 1.77. The van der Waals surface area contributed by atoms with Gasteiger partial charge >= 0.3 is 5.97 Å². The lowest BCUT2D eigenvalue weighted by Gasteiger charge is -2.33. The molecule has 76 valence electrons. The Morgan fingerprint density at radius 2 is 1.92 bits per heavy atom. The van der Waals surface area contributed by atoms with Gasteiger partial charge in [0.05, 0.1) is 6.42 Å². The molecule has 0 aromatic heterocycles. The van der Waals surface area contributed by atoms with Gasteiger partial charge in [-0.1, -0.05) is 6.92 Å². The van der Waals surface area contributed by atoms with E-state index in [0.29, 0.717) is 11.1 Å². The summed E-state index contributed by atoms with van der Waals surface area (Å²) in [6, 6.07) is 0. The van der Waals surface area contributed by atoms with Crippen LogP contribution in [0.25, 0.3) is 0 Å². The lowest BCUT2D eigenvalue weighted by molar-refractivity contribution is -1.08. The van der Waals surface area contributed by atoms with Crippen molar-refractivity contribution in [3.8, 4) is 0 Å². The van der Waals surface area contributed by atoms with Crippen LogP contribution in [0.5, 0.6) is 0 Å². The largest absolute Gasteiger partial charge is 0.366 e. The second kappa shape index (κ2) is 4.61. The number of rotatable bonds is 3. The van der Waals surface area contributed by atoms with Crippen LogP contribution in [0.4, 0.5) is 0 Å². The van der Waals surface area contributed by atoms with Crippen LogP contribution in [0.3, 0.4) is 0 Å². The van der Waals surface area contributed by atoms with Gasteiger partial charge in [0, 0.05) is 12.8 Å². The first-order valence-corrected chi connectivity index (χ1v) is 5.23. The molecular formula is C10H20NO2+. The Morgan fingerprint density at radius 1 is 1.31 bits per heavy atom. The van der Waals surface area contributed by atoms with Crippen molar-refractivity contribution in [1.82, 2.24) is 0 Å². The van der Waals surface area contributed by atoms with E-state index in [0.717, 1.165) is 19.5 Å². The van der Waals surface area contributed by atoms with E-state index in [1.807, 2.05) is 14.0 Å². The third-order valence-electron chi connectivity index (χ3n) is 2.54. The average molecular weight is 186 g/mol. The molecule has 0 radical (unpaired) electrons. The van der Waals surface area contributed by atoms with Crippen LogP contribution in [0, 0.1) is 0 Å². The maximum absolute atomic E-state index is 11.3. The lowest BCUT2D eigenvalue weighted by atomic mass is 10.1. The topological polar surface area (TPSA) is 26.3 Å². The quantitative estimate of drug-likeness (QED) is 0.629. The summed E-state index contributed by atoms with van der Waals surface area (Å²) in [6.07, 6.45) is 5.05. The van der Waals surface area contributed by atoms with Gasteiger partial charge in [-0.2, -0.15) is 0 Å². The standard InChI is InChI=1S/C10H20NO2/c1-3-7-10(12)13-11(2)8-5-4-6-9-11/h3-9H2,1-2H3/q+1. The average Bonchev–Trinajstić information content (AvgIpc) is 2.04. The summed E-state index contributed by atoms with van der Waals surface area (Å²) in [7, 11) is 2.01.